The molecular weight excluding hydrogens is 489 g/mol. The van der Waals surface area contributed by atoms with Crippen LogP contribution in [0.5, 0.6) is 10.8 Å². The zero-order chi connectivity index (χ0) is 22.6. The van der Waals surface area contributed by atoms with Crippen molar-refractivity contribution < 1.29 is 13.2 Å². The summed E-state index contributed by atoms with van der Waals surface area (Å²) >= 11 is 13.2. The standard InChI is InChI=1S/C22H23Cl2N3O3S2/c23-17-6-4-16(5-7-17)8-9-26-32(28,29)21-15-20(24)22(31-21)30-19-3-1-2-18(14-19)27-12-10-25-11-13-27/h1-7,14-15,25-26H,8-13H2. The molecule has 32 heavy (non-hydrogen) atoms. The number of anilines is 1. The highest BCUT2D eigenvalue weighted by Gasteiger charge is 2.21. The minimum Gasteiger partial charge on any atom is -0.445 e. The molecule has 4 rings (SSSR count). The van der Waals surface area contributed by atoms with E-state index in [1.807, 2.05) is 36.4 Å². The lowest BCUT2D eigenvalue weighted by molar-refractivity contribution is 0.496. The van der Waals surface area contributed by atoms with E-state index in [9.17, 15) is 8.42 Å². The van der Waals surface area contributed by atoms with E-state index in [0.717, 1.165) is 48.8 Å². The summed E-state index contributed by atoms with van der Waals surface area (Å²) in [6.07, 6.45) is 0.553. The maximum Gasteiger partial charge on any atom is 0.250 e. The molecule has 2 heterocycles. The van der Waals surface area contributed by atoms with Gasteiger partial charge in [-0.15, -0.1) is 0 Å². The van der Waals surface area contributed by atoms with Crippen LogP contribution in [0.15, 0.2) is 58.8 Å². The first kappa shape index (κ1) is 23.4. The molecule has 170 valence electrons. The van der Waals surface area contributed by atoms with Gasteiger partial charge in [-0.1, -0.05) is 52.7 Å². The Morgan fingerprint density at radius 2 is 1.81 bits per heavy atom. The molecule has 10 heteroatoms. The van der Waals surface area contributed by atoms with Crippen LogP contribution in [0.1, 0.15) is 5.56 Å². The molecular formula is C22H23Cl2N3O3S2. The number of nitrogens with zero attached hydrogens (tertiary/aromatic N) is 1. The van der Waals surface area contributed by atoms with E-state index in [4.69, 9.17) is 27.9 Å². The molecule has 0 spiro atoms. The number of ether oxygens (including phenoxy) is 1. The van der Waals surface area contributed by atoms with Crippen molar-refractivity contribution in [3.8, 4) is 10.8 Å². The third-order valence-electron chi connectivity index (χ3n) is 5.03. The highest BCUT2D eigenvalue weighted by atomic mass is 35.5. The van der Waals surface area contributed by atoms with Crippen LogP contribution in [-0.2, 0) is 16.4 Å². The van der Waals surface area contributed by atoms with Gasteiger partial charge >= 0.3 is 0 Å². The van der Waals surface area contributed by atoms with Crippen LogP contribution in [0.25, 0.3) is 0 Å². The molecule has 1 saturated heterocycles. The van der Waals surface area contributed by atoms with Crippen molar-refractivity contribution >= 4 is 50.2 Å². The number of thiophene rings is 1. The number of sulfonamides is 1. The predicted molar refractivity (Wildman–Crippen MR) is 131 cm³/mol. The summed E-state index contributed by atoms with van der Waals surface area (Å²) in [5.74, 6) is 0.615. The van der Waals surface area contributed by atoms with Gasteiger partial charge in [-0.25, -0.2) is 13.1 Å². The Hall–Kier alpha value is -1.81. The van der Waals surface area contributed by atoms with Crippen molar-refractivity contribution in [3.05, 3.63) is 70.2 Å². The monoisotopic (exact) mass is 511 g/mol. The van der Waals surface area contributed by atoms with E-state index in [-0.39, 0.29) is 15.8 Å². The Morgan fingerprint density at radius 1 is 1.06 bits per heavy atom. The third kappa shape index (κ3) is 5.95. The van der Waals surface area contributed by atoms with Crippen LogP contribution in [0.2, 0.25) is 10.0 Å². The fourth-order valence-electron chi connectivity index (χ4n) is 3.36. The molecule has 6 nitrogen and oxygen atoms in total. The van der Waals surface area contributed by atoms with Crippen molar-refractivity contribution in [1.82, 2.24) is 10.0 Å². The lowest BCUT2D eigenvalue weighted by atomic mass is 10.2. The second kappa shape index (κ2) is 10.4. The number of benzene rings is 2. The predicted octanol–water partition coefficient (Wildman–Crippen LogP) is 4.78. The van der Waals surface area contributed by atoms with Gasteiger partial charge in [0, 0.05) is 49.5 Å². The second-order valence-corrected chi connectivity index (χ2v) is 11.2. The molecule has 1 aliphatic rings. The Morgan fingerprint density at radius 3 is 2.56 bits per heavy atom. The molecule has 0 saturated carbocycles. The van der Waals surface area contributed by atoms with E-state index < -0.39 is 10.0 Å². The van der Waals surface area contributed by atoms with Gasteiger partial charge in [-0.05, 0) is 42.3 Å². The molecule has 1 aliphatic heterocycles. The first-order valence-electron chi connectivity index (χ1n) is 10.2. The summed E-state index contributed by atoms with van der Waals surface area (Å²) in [4.78, 5) is 2.28. The number of hydrogen-bond donors (Lipinski definition) is 2. The van der Waals surface area contributed by atoms with Gasteiger partial charge in [0.15, 0.2) is 0 Å². The summed E-state index contributed by atoms with van der Waals surface area (Å²) < 4.78 is 34.1. The minimum absolute atomic E-state index is 0.117. The van der Waals surface area contributed by atoms with Gasteiger partial charge in [0.2, 0.25) is 15.1 Å². The normalized spacial score (nSPS) is 14.5. The summed E-state index contributed by atoms with van der Waals surface area (Å²) in [7, 11) is -3.69. The Balaban J connectivity index is 1.41. The van der Waals surface area contributed by atoms with Gasteiger partial charge < -0.3 is 15.0 Å². The van der Waals surface area contributed by atoms with Gasteiger partial charge in [0.05, 0.1) is 5.02 Å². The van der Waals surface area contributed by atoms with Crippen LogP contribution in [0.4, 0.5) is 5.69 Å². The molecule has 0 amide bonds. The molecule has 1 fully saturated rings. The van der Waals surface area contributed by atoms with Crippen LogP contribution in [0, 0.1) is 0 Å². The number of piperazine rings is 1. The van der Waals surface area contributed by atoms with E-state index in [1.165, 1.54) is 6.07 Å². The average Bonchev–Trinajstić information content (AvgIpc) is 3.17. The van der Waals surface area contributed by atoms with Gasteiger partial charge in [-0.3, -0.25) is 0 Å². The fraction of sp³-hybridized carbons (Fsp3) is 0.273. The van der Waals surface area contributed by atoms with Crippen molar-refractivity contribution in [2.45, 2.75) is 10.6 Å². The molecule has 0 bridgehead atoms. The molecule has 0 unspecified atom stereocenters. The SMILES string of the molecule is O=S(=O)(NCCc1ccc(Cl)cc1)c1cc(Cl)c(Oc2cccc(N3CCNCC3)c2)s1. The van der Waals surface area contributed by atoms with Gasteiger partial charge in [0.25, 0.3) is 0 Å². The summed E-state index contributed by atoms with van der Waals surface area (Å²) in [6.45, 7) is 3.99. The number of nitrogens with one attached hydrogen (secondary N) is 2. The topological polar surface area (TPSA) is 70.7 Å². The molecule has 3 aromatic rings. The number of rotatable bonds is 8. The lowest BCUT2D eigenvalue weighted by Crippen LogP contribution is -2.43. The van der Waals surface area contributed by atoms with Gasteiger partial charge in [-0.2, -0.15) is 0 Å². The summed E-state index contributed by atoms with van der Waals surface area (Å²) in [5, 5.41) is 4.59. The molecule has 0 radical (unpaired) electrons. The van der Waals surface area contributed by atoms with Crippen molar-refractivity contribution in [3.63, 3.8) is 0 Å². The van der Waals surface area contributed by atoms with Crippen molar-refractivity contribution in [1.29, 1.82) is 0 Å². The van der Waals surface area contributed by atoms with Crippen LogP contribution in [0.3, 0.4) is 0 Å². The number of halogens is 2. The van der Waals surface area contributed by atoms with Crippen LogP contribution in [-0.4, -0.2) is 41.1 Å². The number of hydrogen-bond acceptors (Lipinski definition) is 6. The Labute approximate surface area is 202 Å². The first-order chi connectivity index (χ1) is 15.4. The van der Waals surface area contributed by atoms with E-state index in [2.05, 4.69) is 14.9 Å². The highest BCUT2D eigenvalue weighted by Crippen LogP contribution is 2.40. The smallest absolute Gasteiger partial charge is 0.250 e. The van der Waals surface area contributed by atoms with Crippen LogP contribution < -0.4 is 19.7 Å². The quantitative estimate of drug-likeness (QED) is 0.455. The van der Waals surface area contributed by atoms with Crippen molar-refractivity contribution in [2.75, 3.05) is 37.6 Å². The molecule has 2 N–H and O–H groups in total. The molecule has 0 atom stereocenters. The molecule has 2 aromatic carbocycles. The maximum atomic E-state index is 12.7. The maximum absolute atomic E-state index is 12.7. The fourth-order valence-corrected chi connectivity index (χ4v) is 6.16. The molecule has 1 aromatic heterocycles. The Bertz CT molecular complexity index is 1160. The first-order valence-corrected chi connectivity index (χ1v) is 13.2. The second-order valence-electron chi connectivity index (χ2n) is 7.31. The third-order valence-corrected chi connectivity index (χ3v) is 8.62. The van der Waals surface area contributed by atoms with Crippen LogP contribution >= 0.6 is 34.5 Å². The highest BCUT2D eigenvalue weighted by molar-refractivity contribution is 7.91. The summed E-state index contributed by atoms with van der Waals surface area (Å²) in [6, 6.07) is 16.5. The van der Waals surface area contributed by atoms with E-state index >= 15 is 0 Å². The zero-order valence-corrected chi connectivity index (χ0v) is 20.3. The largest absolute Gasteiger partial charge is 0.445 e. The van der Waals surface area contributed by atoms with Gasteiger partial charge in [0.1, 0.15) is 9.96 Å². The lowest BCUT2D eigenvalue weighted by Gasteiger charge is -2.29. The summed E-state index contributed by atoms with van der Waals surface area (Å²) in [5.41, 5.74) is 2.06. The van der Waals surface area contributed by atoms with E-state index in [0.29, 0.717) is 22.3 Å². The minimum atomic E-state index is -3.69. The molecule has 0 aliphatic carbocycles. The zero-order valence-electron chi connectivity index (χ0n) is 17.2. The van der Waals surface area contributed by atoms with Crippen molar-refractivity contribution in [2.24, 2.45) is 0 Å². The average molecular weight is 512 g/mol. The van der Waals surface area contributed by atoms with E-state index in [1.54, 1.807) is 12.1 Å². The Kier molecular flexibility index (Phi) is 7.60.